The monoisotopic (exact) mass is 301 g/mol. The van der Waals surface area contributed by atoms with E-state index in [-0.39, 0.29) is 0 Å². The average molecular weight is 301 g/mol. The van der Waals surface area contributed by atoms with Crippen molar-refractivity contribution in [3.8, 4) is 5.75 Å². The van der Waals surface area contributed by atoms with Crippen LogP contribution in [-0.4, -0.2) is 35.7 Å². The van der Waals surface area contributed by atoms with E-state index in [1.165, 1.54) is 0 Å². The summed E-state index contributed by atoms with van der Waals surface area (Å²) >= 11 is 0. The first-order valence-corrected chi connectivity index (χ1v) is 7.42. The Hall–Kier alpha value is -2.50. The highest BCUT2D eigenvalue weighted by atomic mass is 16.5. The Morgan fingerprint density at radius 3 is 3.00 bits per heavy atom. The van der Waals surface area contributed by atoms with Crippen LogP contribution in [0.25, 0.3) is 0 Å². The molecule has 0 spiro atoms. The third-order valence-electron chi connectivity index (χ3n) is 3.12. The maximum Gasteiger partial charge on any atom is 0.191 e. The highest BCUT2D eigenvalue weighted by molar-refractivity contribution is 5.79. The molecule has 2 rings (SSSR count). The molecule has 0 aliphatic carbocycles. The maximum absolute atomic E-state index is 5.23. The maximum atomic E-state index is 5.23. The first-order valence-electron chi connectivity index (χ1n) is 7.42. The van der Waals surface area contributed by atoms with Gasteiger partial charge in [0.05, 0.1) is 20.0 Å². The molecule has 1 aromatic carbocycles. The van der Waals surface area contributed by atoms with Crippen molar-refractivity contribution >= 4 is 5.96 Å². The van der Waals surface area contributed by atoms with Crippen LogP contribution in [0.1, 0.15) is 12.5 Å². The summed E-state index contributed by atoms with van der Waals surface area (Å²) in [6.07, 6.45) is 5.53. The fourth-order valence-corrected chi connectivity index (χ4v) is 2.01. The summed E-state index contributed by atoms with van der Waals surface area (Å²) < 4.78 is 7.25. The zero-order valence-corrected chi connectivity index (χ0v) is 13.1. The number of benzene rings is 1. The van der Waals surface area contributed by atoms with Gasteiger partial charge >= 0.3 is 0 Å². The first kappa shape index (κ1) is 15.9. The molecular formula is C16H23N5O. The fourth-order valence-electron chi connectivity index (χ4n) is 2.01. The third kappa shape index (κ3) is 5.12. The van der Waals surface area contributed by atoms with Crippen LogP contribution in [-0.2, 0) is 13.1 Å². The molecule has 1 heterocycles. The lowest BCUT2D eigenvalue weighted by Gasteiger charge is -2.11. The minimum atomic E-state index is 0.609. The Balaban J connectivity index is 1.88. The number of methoxy groups -OCH3 is 1. The lowest BCUT2D eigenvalue weighted by Crippen LogP contribution is -2.38. The van der Waals surface area contributed by atoms with Gasteiger partial charge in [0.2, 0.25) is 0 Å². The molecule has 118 valence electrons. The van der Waals surface area contributed by atoms with Crippen LogP contribution in [0.4, 0.5) is 0 Å². The van der Waals surface area contributed by atoms with E-state index in [1.807, 2.05) is 41.4 Å². The van der Waals surface area contributed by atoms with Gasteiger partial charge < -0.3 is 19.9 Å². The summed E-state index contributed by atoms with van der Waals surface area (Å²) in [6, 6.07) is 7.95. The number of guanidine groups is 1. The van der Waals surface area contributed by atoms with E-state index in [2.05, 4.69) is 27.5 Å². The van der Waals surface area contributed by atoms with Crippen LogP contribution >= 0.6 is 0 Å². The largest absolute Gasteiger partial charge is 0.497 e. The van der Waals surface area contributed by atoms with Gasteiger partial charge in [-0.3, -0.25) is 0 Å². The molecule has 0 aliphatic heterocycles. The lowest BCUT2D eigenvalue weighted by molar-refractivity contribution is 0.414. The highest BCUT2D eigenvalue weighted by Gasteiger charge is 1.99. The predicted octanol–water partition coefficient (Wildman–Crippen LogP) is 1.65. The first-order chi connectivity index (χ1) is 10.8. The molecule has 0 amide bonds. The number of aliphatic imine (C=N–C) groups is 1. The van der Waals surface area contributed by atoms with E-state index in [1.54, 1.807) is 13.3 Å². The van der Waals surface area contributed by atoms with Crippen molar-refractivity contribution in [1.29, 1.82) is 0 Å². The Bertz CT molecular complexity index is 580. The molecule has 6 heteroatoms. The van der Waals surface area contributed by atoms with Gasteiger partial charge in [0.15, 0.2) is 5.96 Å². The zero-order valence-electron chi connectivity index (χ0n) is 13.1. The molecular weight excluding hydrogens is 278 g/mol. The molecule has 0 atom stereocenters. The number of aromatic nitrogens is 2. The topological polar surface area (TPSA) is 63.5 Å². The second-order valence-electron chi connectivity index (χ2n) is 4.77. The third-order valence-corrected chi connectivity index (χ3v) is 3.12. The standard InChI is InChI=1S/C16H23N5O/c1-3-18-16(19-8-10-21-9-7-17-13-21)20-12-14-5-4-6-15(11-14)22-2/h4-7,9,11,13H,3,8,10,12H2,1-2H3,(H2,18,19,20). The van der Waals surface area contributed by atoms with Gasteiger partial charge in [0.1, 0.15) is 5.75 Å². The van der Waals surface area contributed by atoms with Crippen LogP contribution in [0, 0.1) is 0 Å². The number of nitrogens with zero attached hydrogens (tertiary/aromatic N) is 3. The Kier molecular flexibility index (Phi) is 6.29. The van der Waals surface area contributed by atoms with E-state index >= 15 is 0 Å². The Morgan fingerprint density at radius 2 is 2.27 bits per heavy atom. The van der Waals surface area contributed by atoms with Crippen molar-refractivity contribution in [2.45, 2.75) is 20.0 Å². The molecule has 1 aromatic heterocycles. The molecule has 0 aliphatic rings. The average Bonchev–Trinajstić information content (AvgIpc) is 3.06. The number of hydrogen-bond donors (Lipinski definition) is 2. The normalized spacial score (nSPS) is 11.3. The molecule has 0 unspecified atom stereocenters. The van der Waals surface area contributed by atoms with E-state index in [9.17, 15) is 0 Å². The van der Waals surface area contributed by atoms with Gasteiger partial charge in [0.25, 0.3) is 0 Å². The summed E-state index contributed by atoms with van der Waals surface area (Å²) in [6.45, 7) is 5.13. The molecule has 0 radical (unpaired) electrons. The molecule has 0 fully saturated rings. The smallest absolute Gasteiger partial charge is 0.191 e. The van der Waals surface area contributed by atoms with Crippen LogP contribution in [0.2, 0.25) is 0 Å². The molecule has 22 heavy (non-hydrogen) atoms. The van der Waals surface area contributed by atoms with Crippen molar-refractivity contribution in [3.63, 3.8) is 0 Å². The van der Waals surface area contributed by atoms with Crippen LogP contribution in [0.3, 0.4) is 0 Å². The van der Waals surface area contributed by atoms with E-state index < -0.39 is 0 Å². The molecule has 2 N–H and O–H groups in total. The minimum Gasteiger partial charge on any atom is -0.497 e. The quantitative estimate of drug-likeness (QED) is 0.603. The number of ether oxygens (including phenoxy) is 1. The van der Waals surface area contributed by atoms with Crippen LogP contribution < -0.4 is 15.4 Å². The van der Waals surface area contributed by atoms with Gasteiger partial charge in [-0.2, -0.15) is 0 Å². The minimum absolute atomic E-state index is 0.609. The number of imidazole rings is 1. The van der Waals surface area contributed by atoms with Crippen molar-refractivity contribution in [2.24, 2.45) is 4.99 Å². The van der Waals surface area contributed by atoms with Crippen molar-refractivity contribution in [3.05, 3.63) is 48.5 Å². The van der Waals surface area contributed by atoms with E-state index in [0.29, 0.717) is 6.54 Å². The van der Waals surface area contributed by atoms with E-state index in [4.69, 9.17) is 4.74 Å². The van der Waals surface area contributed by atoms with Gasteiger partial charge in [-0.15, -0.1) is 0 Å². The summed E-state index contributed by atoms with van der Waals surface area (Å²) in [5.74, 6) is 1.66. The van der Waals surface area contributed by atoms with E-state index in [0.717, 1.165) is 36.9 Å². The van der Waals surface area contributed by atoms with Crippen LogP contribution in [0.15, 0.2) is 48.0 Å². The van der Waals surface area contributed by atoms with Crippen molar-refractivity contribution < 1.29 is 4.74 Å². The Morgan fingerprint density at radius 1 is 1.36 bits per heavy atom. The molecule has 2 aromatic rings. The SMILES string of the molecule is CCNC(=NCc1cccc(OC)c1)NCCn1ccnc1. The van der Waals surface area contributed by atoms with Gasteiger partial charge in [-0.1, -0.05) is 12.1 Å². The Labute approximate surface area is 131 Å². The van der Waals surface area contributed by atoms with Crippen molar-refractivity contribution in [1.82, 2.24) is 20.2 Å². The summed E-state index contributed by atoms with van der Waals surface area (Å²) in [7, 11) is 1.67. The predicted molar refractivity (Wildman–Crippen MR) is 88.0 cm³/mol. The summed E-state index contributed by atoms with van der Waals surface area (Å²) in [4.78, 5) is 8.62. The summed E-state index contributed by atoms with van der Waals surface area (Å²) in [5.41, 5.74) is 1.12. The van der Waals surface area contributed by atoms with Crippen molar-refractivity contribution in [2.75, 3.05) is 20.2 Å². The van der Waals surface area contributed by atoms with Crippen LogP contribution in [0.5, 0.6) is 5.75 Å². The summed E-state index contributed by atoms with van der Waals surface area (Å²) in [5, 5.41) is 6.56. The molecule has 6 nitrogen and oxygen atoms in total. The molecule has 0 saturated heterocycles. The van der Waals surface area contributed by atoms with Gasteiger partial charge in [-0.25, -0.2) is 9.98 Å². The zero-order chi connectivity index (χ0) is 15.6. The number of hydrogen-bond acceptors (Lipinski definition) is 3. The fraction of sp³-hybridized carbons (Fsp3) is 0.375. The number of rotatable bonds is 7. The van der Waals surface area contributed by atoms with Gasteiger partial charge in [-0.05, 0) is 24.6 Å². The highest BCUT2D eigenvalue weighted by Crippen LogP contribution is 2.12. The lowest BCUT2D eigenvalue weighted by atomic mass is 10.2. The second kappa shape index (κ2) is 8.71. The number of nitrogens with one attached hydrogen (secondary N) is 2. The molecule has 0 saturated carbocycles. The molecule has 0 bridgehead atoms. The van der Waals surface area contributed by atoms with Gasteiger partial charge in [0, 0.05) is 32.0 Å². The second-order valence-corrected chi connectivity index (χ2v) is 4.77.